The molecule has 5 nitrogen and oxygen atoms in total. The van der Waals surface area contributed by atoms with Gasteiger partial charge in [-0.2, -0.15) is 26.3 Å². The van der Waals surface area contributed by atoms with Crippen LogP contribution < -0.4 is 11.5 Å². The van der Waals surface area contributed by atoms with Gasteiger partial charge in [0.05, 0.1) is 11.1 Å². The quantitative estimate of drug-likeness (QED) is 0.218. The molecule has 0 saturated heterocycles. The van der Waals surface area contributed by atoms with E-state index in [-0.39, 0.29) is 11.6 Å². The fourth-order valence-electron chi connectivity index (χ4n) is 1.54. The Morgan fingerprint density at radius 3 is 1.88 bits per heavy atom. The van der Waals surface area contributed by atoms with E-state index in [4.69, 9.17) is 11.5 Å². The Morgan fingerprint density at radius 1 is 1.04 bits per heavy atom. The number of carbonyl (C=O) groups excluding carboxylic acids is 1. The molecule has 11 heteroatoms. The summed E-state index contributed by atoms with van der Waals surface area (Å²) in [5.74, 6) is -1.73. The van der Waals surface area contributed by atoms with E-state index in [1.807, 2.05) is 0 Å². The molecular formula is C13H11F6N3O2. The van der Waals surface area contributed by atoms with Gasteiger partial charge in [-0.15, -0.1) is 0 Å². The molecule has 24 heavy (non-hydrogen) atoms. The van der Waals surface area contributed by atoms with Gasteiger partial charge in [-0.1, -0.05) is 0 Å². The van der Waals surface area contributed by atoms with E-state index in [0.717, 1.165) is 13.0 Å². The van der Waals surface area contributed by atoms with Gasteiger partial charge in [0.2, 0.25) is 5.96 Å². The van der Waals surface area contributed by atoms with Crippen LogP contribution in [-0.2, 0) is 22.0 Å². The zero-order valence-corrected chi connectivity index (χ0v) is 12.0. The largest absolute Gasteiger partial charge is 0.416 e. The second-order valence-electron chi connectivity index (χ2n) is 4.56. The van der Waals surface area contributed by atoms with Crippen LogP contribution in [0.3, 0.4) is 0 Å². The van der Waals surface area contributed by atoms with Gasteiger partial charge >= 0.3 is 18.3 Å². The second-order valence-corrected chi connectivity index (χ2v) is 4.56. The standard InChI is InChI=1S/C13H11F6N3O2/c1-6(10(23)24-22-11(20)21)2-7-3-8(12(14,15)16)5-9(4-7)13(17,18)19/h2-5H,1H3,(H4,20,21,22)/b6-2+. The summed E-state index contributed by atoms with van der Waals surface area (Å²) in [5.41, 5.74) is 6.01. The molecule has 0 aliphatic rings. The van der Waals surface area contributed by atoms with Crippen molar-refractivity contribution in [2.75, 3.05) is 0 Å². The summed E-state index contributed by atoms with van der Waals surface area (Å²) >= 11 is 0. The van der Waals surface area contributed by atoms with Gasteiger partial charge in [-0.05, 0) is 41.9 Å². The van der Waals surface area contributed by atoms with Crippen molar-refractivity contribution in [3.05, 3.63) is 40.5 Å². The molecule has 0 aromatic heterocycles. The summed E-state index contributed by atoms with van der Waals surface area (Å²) in [7, 11) is 0. The highest BCUT2D eigenvalue weighted by Crippen LogP contribution is 2.36. The number of hydrogen-bond donors (Lipinski definition) is 2. The predicted octanol–water partition coefficient (Wildman–Crippen LogP) is 2.86. The topological polar surface area (TPSA) is 90.7 Å². The third-order valence-corrected chi connectivity index (χ3v) is 2.55. The zero-order valence-electron chi connectivity index (χ0n) is 12.0. The first-order valence-electron chi connectivity index (χ1n) is 6.09. The Kier molecular flexibility index (Phi) is 5.48. The minimum absolute atomic E-state index is 0.0234. The van der Waals surface area contributed by atoms with Crippen LogP contribution >= 0.6 is 0 Å². The van der Waals surface area contributed by atoms with Crippen LogP contribution in [0.1, 0.15) is 23.6 Å². The van der Waals surface area contributed by atoms with Gasteiger partial charge in [0.25, 0.3) is 0 Å². The van der Waals surface area contributed by atoms with Gasteiger partial charge < -0.3 is 16.3 Å². The van der Waals surface area contributed by atoms with Crippen molar-refractivity contribution < 1.29 is 36.0 Å². The summed E-state index contributed by atoms with van der Waals surface area (Å²) in [6.45, 7) is 1.11. The lowest BCUT2D eigenvalue weighted by Crippen LogP contribution is -2.23. The van der Waals surface area contributed by atoms with Crippen molar-refractivity contribution in [1.82, 2.24) is 0 Å². The SMILES string of the molecule is C/C(=C\c1cc(C(F)(F)F)cc(C(F)(F)F)c1)C(=O)ON=C(N)N. The number of oxime groups is 1. The number of carbonyl (C=O) groups is 1. The van der Waals surface area contributed by atoms with Crippen LogP contribution in [0.15, 0.2) is 28.9 Å². The highest BCUT2D eigenvalue weighted by molar-refractivity contribution is 5.93. The molecule has 4 N–H and O–H groups in total. The number of hydrogen-bond acceptors (Lipinski definition) is 3. The van der Waals surface area contributed by atoms with Gasteiger partial charge in [0.1, 0.15) is 0 Å². The van der Waals surface area contributed by atoms with Gasteiger partial charge in [0, 0.05) is 5.57 Å². The van der Waals surface area contributed by atoms with E-state index >= 15 is 0 Å². The minimum Gasteiger partial charge on any atom is -0.367 e. The van der Waals surface area contributed by atoms with E-state index in [2.05, 4.69) is 9.99 Å². The smallest absolute Gasteiger partial charge is 0.367 e. The second kappa shape index (κ2) is 6.81. The Bertz CT molecular complexity index is 656. The number of nitrogens with two attached hydrogens (primary N) is 2. The summed E-state index contributed by atoms with van der Waals surface area (Å²) in [4.78, 5) is 15.7. The van der Waals surface area contributed by atoms with Gasteiger partial charge in [-0.25, -0.2) is 4.79 Å². The van der Waals surface area contributed by atoms with E-state index in [1.165, 1.54) is 0 Å². The molecule has 132 valence electrons. The maximum absolute atomic E-state index is 12.7. The Morgan fingerprint density at radius 2 is 1.50 bits per heavy atom. The highest BCUT2D eigenvalue weighted by atomic mass is 19.4. The lowest BCUT2D eigenvalue weighted by Gasteiger charge is -2.13. The van der Waals surface area contributed by atoms with Gasteiger partial charge in [0.15, 0.2) is 0 Å². The molecule has 0 radical (unpaired) electrons. The van der Waals surface area contributed by atoms with Crippen molar-refractivity contribution in [1.29, 1.82) is 0 Å². The maximum atomic E-state index is 12.7. The fourth-order valence-corrected chi connectivity index (χ4v) is 1.54. The summed E-state index contributed by atoms with van der Waals surface area (Å²) in [5, 5.41) is 2.92. The van der Waals surface area contributed by atoms with E-state index in [1.54, 1.807) is 0 Å². The fraction of sp³-hybridized carbons (Fsp3) is 0.231. The van der Waals surface area contributed by atoms with Crippen molar-refractivity contribution in [2.45, 2.75) is 19.3 Å². The number of nitrogens with zero attached hydrogens (tertiary/aromatic N) is 1. The summed E-state index contributed by atoms with van der Waals surface area (Å²) < 4.78 is 76.3. The molecule has 0 unspecified atom stereocenters. The average Bonchev–Trinajstić information content (AvgIpc) is 2.42. The number of guanidine groups is 1. The van der Waals surface area contributed by atoms with Crippen LogP contribution in [0.5, 0.6) is 0 Å². The molecule has 0 aliphatic heterocycles. The first kappa shape index (κ1) is 19.3. The number of alkyl halides is 6. The molecule has 0 saturated carbocycles. The lowest BCUT2D eigenvalue weighted by atomic mass is 10.0. The average molecular weight is 355 g/mol. The molecule has 1 aromatic rings. The molecule has 0 atom stereocenters. The third kappa shape index (κ3) is 5.48. The maximum Gasteiger partial charge on any atom is 0.416 e. The van der Waals surface area contributed by atoms with E-state index < -0.39 is 41.0 Å². The van der Waals surface area contributed by atoms with Crippen LogP contribution in [0, 0.1) is 0 Å². The minimum atomic E-state index is -4.99. The monoisotopic (exact) mass is 355 g/mol. The van der Waals surface area contributed by atoms with Crippen LogP contribution in [-0.4, -0.2) is 11.9 Å². The molecule has 0 amide bonds. The molecular weight excluding hydrogens is 344 g/mol. The number of halogens is 6. The third-order valence-electron chi connectivity index (χ3n) is 2.55. The van der Waals surface area contributed by atoms with Crippen molar-refractivity contribution in [3.63, 3.8) is 0 Å². The first-order valence-corrected chi connectivity index (χ1v) is 6.09. The van der Waals surface area contributed by atoms with Gasteiger partial charge in [-0.3, -0.25) is 0 Å². The van der Waals surface area contributed by atoms with Crippen LogP contribution in [0.25, 0.3) is 6.08 Å². The number of rotatable bonds is 3. The van der Waals surface area contributed by atoms with Crippen molar-refractivity contribution in [2.24, 2.45) is 16.6 Å². The van der Waals surface area contributed by atoms with Crippen molar-refractivity contribution in [3.8, 4) is 0 Å². The Labute approximate surface area is 131 Å². The summed E-state index contributed by atoms with van der Waals surface area (Å²) in [6.07, 6.45) is -9.19. The molecule has 0 bridgehead atoms. The zero-order chi connectivity index (χ0) is 18.7. The lowest BCUT2D eigenvalue weighted by molar-refractivity contribution is -0.143. The molecule has 1 rings (SSSR count). The first-order chi connectivity index (χ1) is 10.8. The van der Waals surface area contributed by atoms with E-state index in [9.17, 15) is 31.1 Å². The number of benzene rings is 1. The Balaban J connectivity index is 3.30. The van der Waals surface area contributed by atoms with E-state index in [0.29, 0.717) is 12.1 Å². The molecule has 0 aliphatic carbocycles. The molecule has 0 heterocycles. The van der Waals surface area contributed by atoms with Crippen molar-refractivity contribution >= 4 is 18.0 Å². The predicted molar refractivity (Wildman–Crippen MR) is 72.0 cm³/mol. The van der Waals surface area contributed by atoms with Crippen LogP contribution in [0.4, 0.5) is 26.3 Å². The summed E-state index contributed by atoms with van der Waals surface area (Å²) in [6, 6.07) is 0.906. The Hall–Kier alpha value is -2.72. The normalized spacial score (nSPS) is 12.7. The molecule has 0 fully saturated rings. The van der Waals surface area contributed by atoms with Crippen LogP contribution in [0.2, 0.25) is 0 Å². The molecule has 0 spiro atoms. The highest BCUT2D eigenvalue weighted by Gasteiger charge is 2.36. The molecule has 1 aromatic carbocycles.